The number of alkyl halides is 3. The van der Waals surface area contributed by atoms with Gasteiger partial charge in [0.15, 0.2) is 0 Å². The summed E-state index contributed by atoms with van der Waals surface area (Å²) in [5, 5.41) is 9.57. The van der Waals surface area contributed by atoms with Crippen LogP contribution in [0.4, 0.5) is 13.2 Å². The minimum absolute atomic E-state index is 0.0659. The van der Waals surface area contributed by atoms with Crippen molar-refractivity contribution in [1.29, 1.82) is 5.26 Å². The van der Waals surface area contributed by atoms with E-state index in [2.05, 4.69) is 9.30 Å². The minimum Gasteiger partial charge on any atom is -0.405 e. The van der Waals surface area contributed by atoms with Gasteiger partial charge in [-0.3, -0.25) is 4.79 Å². The molecule has 6 nitrogen and oxygen atoms in total. The predicted molar refractivity (Wildman–Crippen MR) is 114 cm³/mol. The predicted octanol–water partition coefficient (Wildman–Crippen LogP) is 4.78. The molecule has 172 valence electrons. The Morgan fingerprint density at radius 2 is 1.97 bits per heavy atom. The first kappa shape index (κ1) is 25.0. The highest BCUT2D eigenvalue weighted by molar-refractivity contribution is 6.01. The number of amides is 1. The van der Waals surface area contributed by atoms with E-state index in [0.717, 1.165) is 11.4 Å². The molecule has 0 aliphatic rings. The second-order valence-corrected chi connectivity index (χ2v) is 7.49. The number of nitrogens with zero attached hydrogens (tertiary/aromatic N) is 3. The van der Waals surface area contributed by atoms with Crippen LogP contribution in [0, 0.1) is 25.2 Å². The molecular weight excluding hydrogens is 423 g/mol. The third-order valence-corrected chi connectivity index (χ3v) is 4.98. The Bertz CT molecular complexity index is 1040. The van der Waals surface area contributed by atoms with Crippen LogP contribution in [0.5, 0.6) is 5.75 Å². The van der Waals surface area contributed by atoms with Crippen molar-refractivity contribution in [3.63, 3.8) is 0 Å². The first-order valence-corrected chi connectivity index (χ1v) is 9.86. The van der Waals surface area contributed by atoms with E-state index < -0.39 is 18.0 Å². The van der Waals surface area contributed by atoms with E-state index in [0.29, 0.717) is 12.2 Å². The number of aryl methyl sites for hydroxylation is 1. The summed E-state index contributed by atoms with van der Waals surface area (Å²) in [6, 6.07) is 9.42. The lowest BCUT2D eigenvalue weighted by atomic mass is 10.1. The van der Waals surface area contributed by atoms with Crippen LogP contribution in [0.1, 0.15) is 35.5 Å². The van der Waals surface area contributed by atoms with Crippen molar-refractivity contribution in [3.05, 3.63) is 58.4 Å². The Morgan fingerprint density at radius 1 is 1.31 bits per heavy atom. The number of aromatic nitrogens is 1. The van der Waals surface area contributed by atoms with E-state index in [1.54, 1.807) is 13.2 Å². The molecule has 0 saturated heterocycles. The lowest BCUT2D eigenvalue weighted by Gasteiger charge is -2.19. The number of hydrogen-bond donors (Lipinski definition) is 0. The van der Waals surface area contributed by atoms with E-state index in [9.17, 15) is 23.2 Å². The molecule has 0 saturated carbocycles. The third kappa shape index (κ3) is 6.14. The van der Waals surface area contributed by atoms with Gasteiger partial charge in [0.05, 0.1) is 12.6 Å². The van der Waals surface area contributed by atoms with Crippen LogP contribution in [0.3, 0.4) is 0 Å². The molecule has 0 aliphatic carbocycles. The summed E-state index contributed by atoms with van der Waals surface area (Å²) in [4.78, 5) is 14.0. The molecule has 0 spiro atoms. The van der Waals surface area contributed by atoms with Crippen molar-refractivity contribution in [3.8, 4) is 11.8 Å². The third-order valence-electron chi connectivity index (χ3n) is 4.98. The van der Waals surface area contributed by atoms with Gasteiger partial charge in [-0.15, -0.1) is 13.2 Å². The molecule has 2 aromatic rings. The fourth-order valence-corrected chi connectivity index (χ4v) is 3.63. The largest absolute Gasteiger partial charge is 0.573 e. The molecule has 0 aliphatic heterocycles. The SMILES string of the molecule is COCC(C)n1c(C)cc(/C=C(/C#N)C(=O)N(C)Cc2ccccc2OC(F)(F)F)c1C. The van der Waals surface area contributed by atoms with Gasteiger partial charge in [0.25, 0.3) is 5.91 Å². The Hall–Kier alpha value is -3.25. The van der Waals surface area contributed by atoms with E-state index in [4.69, 9.17) is 4.74 Å². The molecule has 1 aromatic carbocycles. The number of ether oxygens (including phenoxy) is 2. The summed E-state index contributed by atoms with van der Waals surface area (Å²) in [6.07, 6.45) is -3.35. The number of hydrogen-bond acceptors (Lipinski definition) is 4. The first-order chi connectivity index (χ1) is 15.0. The molecular formula is C23H26F3N3O3. The summed E-state index contributed by atoms with van der Waals surface area (Å²) in [6.45, 7) is 6.16. The van der Waals surface area contributed by atoms with Gasteiger partial charge in [-0.1, -0.05) is 18.2 Å². The molecule has 0 fully saturated rings. The normalized spacial score (nSPS) is 12.9. The van der Waals surface area contributed by atoms with Crippen LogP contribution in [0.25, 0.3) is 6.08 Å². The topological polar surface area (TPSA) is 67.5 Å². The van der Waals surface area contributed by atoms with Gasteiger partial charge >= 0.3 is 6.36 Å². The van der Waals surface area contributed by atoms with Crippen molar-refractivity contribution < 1.29 is 27.4 Å². The van der Waals surface area contributed by atoms with Crippen LogP contribution >= 0.6 is 0 Å². The Labute approximate surface area is 185 Å². The van der Waals surface area contributed by atoms with Crippen molar-refractivity contribution >= 4 is 12.0 Å². The van der Waals surface area contributed by atoms with Crippen LogP contribution in [0.2, 0.25) is 0 Å². The Morgan fingerprint density at radius 3 is 2.56 bits per heavy atom. The summed E-state index contributed by atoms with van der Waals surface area (Å²) >= 11 is 0. The average molecular weight is 449 g/mol. The zero-order chi connectivity index (χ0) is 24.1. The molecule has 1 atom stereocenters. The number of nitriles is 1. The summed E-state index contributed by atoms with van der Waals surface area (Å²) in [5.41, 5.74) is 2.59. The smallest absolute Gasteiger partial charge is 0.405 e. The van der Waals surface area contributed by atoms with Gasteiger partial charge in [0, 0.05) is 37.7 Å². The quantitative estimate of drug-likeness (QED) is 0.430. The van der Waals surface area contributed by atoms with Crippen LogP contribution in [0.15, 0.2) is 35.9 Å². The van der Waals surface area contributed by atoms with Gasteiger partial charge in [-0.05, 0) is 44.5 Å². The highest BCUT2D eigenvalue weighted by atomic mass is 19.4. The second kappa shape index (κ2) is 10.4. The van der Waals surface area contributed by atoms with Crippen molar-refractivity contribution in [2.24, 2.45) is 0 Å². The molecule has 0 bridgehead atoms. The van der Waals surface area contributed by atoms with E-state index >= 15 is 0 Å². The van der Waals surface area contributed by atoms with Gasteiger partial charge in [0.2, 0.25) is 0 Å². The maximum Gasteiger partial charge on any atom is 0.573 e. The van der Waals surface area contributed by atoms with Crippen LogP contribution in [-0.2, 0) is 16.1 Å². The van der Waals surface area contributed by atoms with Gasteiger partial charge in [0.1, 0.15) is 17.4 Å². The maximum atomic E-state index is 12.9. The molecule has 1 aromatic heterocycles. The van der Waals surface area contributed by atoms with E-state index in [1.165, 1.54) is 36.2 Å². The highest BCUT2D eigenvalue weighted by Crippen LogP contribution is 2.28. The van der Waals surface area contributed by atoms with Crippen molar-refractivity contribution in [1.82, 2.24) is 9.47 Å². The zero-order valence-corrected chi connectivity index (χ0v) is 18.7. The van der Waals surface area contributed by atoms with E-state index in [1.807, 2.05) is 32.9 Å². The van der Waals surface area contributed by atoms with Gasteiger partial charge < -0.3 is 18.9 Å². The molecule has 0 radical (unpaired) electrons. The van der Waals surface area contributed by atoms with Crippen molar-refractivity contribution in [2.45, 2.75) is 39.7 Å². The molecule has 32 heavy (non-hydrogen) atoms. The Kier molecular flexibility index (Phi) is 8.11. The van der Waals surface area contributed by atoms with Gasteiger partial charge in [-0.25, -0.2) is 0 Å². The van der Waals surface area contributed by atoms with Crippen LogP contribution < -0.4 is 4.74 Å². The maximum absolute atomic E-state index is 12.9. The molecule has 1 unspecified atom stereocenters. The molecule has 0 N–H and O–H groups in total. The number of likely N-dealkylation sites (N-methyl/N-ethyl adjacent to an activating group) is 1. The zero-order valence-electron chi connectivity index (χ0n) is 18.7. The average Bonchev–Trinajstić information content (AvgIpc) is 2.99. The number of halogens is 3. The van der Waals surface area contributed by atoms with E-state index in [-0.39, 0.29) is 23.7 Å². The minimum atomic E-state index is -4.85. The van der Waals surface area contributed by atoms with Crippen LogP contribution in [-0.4, -0.2) is 42.5 Å². The monoisotopic (exact) mass is 449 g/mol. The number of para-hydroxylation sites is 1. The fourth-order valence-electron chi connectivity index (χ4n) is 3.63. The number of carbonyl (C=O) groups excluding carboxylic acids is 1. The summed E-state index contributed by atoms with van der Waals surface area (Å²) in [5.74, 6) is -0.998. The lowest BCUT2D eigenvalue weighted by Crippen LogP contribution is -2.28. The number of rotatable bonds is 8. The highest BCUT2D eigenvalue weighted by Gasteiger charge is 2.32. The molecule has 9 heteroatoms. The Balaban J connectivity index is 2.28. The molecule has 1 amide bonds. The standard InChI is InChI=1S/C23H26F3N3O3/c1-15-10-19(17(3)29(15)16(2)14-31-5)11-20(12-27)22(30)28(4)13-18-8-6-7-9-21(18)32-23(24,25)26/h6-11,16H,13-14H2,1-5H3/b20-11-. The number of benzene rings is 1. The molecule has 1 heterocycles. The van der Waals surface area contributed by atoms with Crippen molar-refractivity contribution in [2.75, 3.05) is 20.8 Å². The lowest BCUT2D eigenvalue weighted by molar-refractivity contribution is -0.275. The fraction of sp³-hybridized carbons (Fsp3) is 0.391. The molecule has 2 rings (SSSR count). The second-order valence-electron chi connectivity index (χ2n) is 7.49. The number of carbonyl (C=O) groups is 1. The summed E-state index contributed by atoms with van der Waals surface area (Å²) in [7, 11) is 3.04. The number of methoxy groups -OCH3 is 1. The van der Waals surface area contributed by atoms with Gasteiger partial charge in [-0.2, -0.15) is 5.26 Å². The first-order valence-electron chi connectivity index (χ1n) is 9.86. The summed E-state index contributed by atoms with van der Waals surface area (Å²) < 4.78 is 49.3.